The molecular formula is C32H39BrN11OP. The van der Waals surface area contributed by atoms with E-state index in [4.69, 9.17) is 9.97 Å². The first kappa shape index (κ1) is 32.3. The van der Waals surface area contributed by atoms with E-state index in [0.29, 0.717) is 55.7 Å². The molecule has 1 aromatic carbocycles. The van der Waals surface area contributed by atoms with Gasteiger partial charge in [-0.3, -0.25) is 14.9 Å². The molecule has 0 spiro atoms. The first-order valence-electron chi connectivity index (χ1n) is 15.6. The molecule has 0 unspecified atom stereocenters. The predicted molar refractivity (Wildman–Crippen MR) is 188 cm³/mol. The minimum atomic E-state index is -2.76. The van der Waals surface area contributed by atoms with Gasteiger partial charge >= 0.3 is 0 Å². The zero-order valence-electron chi connectivity index (χ0n) is 26.7. The molecule has 3 aromatic heterocycles. The fourth-order valence-electron chi connectivity index (χ4n) is 6.32. The van der Waals surface area contributed by atoms with Crippen molar-refractivity contribution < 1.29 is 4.57 Å². The number of piperazine rings is 1. The van der Waals surface area contributed by atoms with Gasteiger partial charge in [-0.15, -0.1) is 0 Å². The Hall–Kier alpha value is -3.69. The highest BCUT2D eigenvalue weighted by atomic mass is 79.9. The normalized spacial score (nSPS) is 16.8. The first-order chi connectivity index (χ1) is 22.1. The topological polar surface area (TPSA) is 139 Å². The molecule has 2 saturated heterocycles. The molecule has 0 amide bonds. The van der Waals surface area contributed by atoms with Crippen molar-refractivity contribution in [3.63, 3.8) is 0 Å². The number of nitriles is 1. The molecule has 0 bridgehead atoms. The second-order valence-corrected chi connectivity index (χ2v) is 16.3. The Bertz CT molecular complexity index is 1830. The van der Waals surface area contributed by atoms with Crippen LogP contribution in [0.5, 0.6) is 0 Å². The summed E-state index contributed by atoms with van der Waals surface area (Å²) in [5.41, 5.74) is 3.80. The van der Waals surface area contributed by atoms with Crippen molar-refractivity contribution in [3.05, 3.63) is 52.5 Å². The van der Waals surface area contributed by atoms with Gasteiger partial charge in [0.25, 0.3) is 0 Å². The van der Waals surface area contributed by atoms with Crippen LogP contribution in [-0.2, 0) is 11.0 Å². The third-order valence-corrected chi connectivity index (χ3v) is 10.9. The van der Waals surface area contributed by atoms with Gasteiger partial charge in [-0.1, -0.05) is 6.92 Å². The molecule has 12 nitrogen and oxygen atoms in total. The lowest BCUT2D eigenvalue weighted by atomic mass is 10.0. The van der Waals surface area contributed by atoms with Crippen LogP contribution in [-0.4, -0.2) is 100 Å². The summed E-state index contributed by atoms with van der Waals surface area (Å²) in [4.78, 5) is 30.2. The van der Waals surface area contributed by atoms with Gasteiger partial charge in [-0.25, -0.2) is 9.97 Å². The van der Waals surface area contributed by atoms with Gasteiger partial charge in [-0.05, 0) is 79.3 Å². The lowest BCUT2D eigenvalue weighted by molar-refractivity contribution is 0.0981. The number of piperidine rings is 1. The molecule has 6 rings (SSSR count). The molecule has 0 aliphatic carbocycles. The number of rotatable bonds is 8. The number of fused-ring (bicyclic) bond motifs is 1. The number of nitrogens with one attached hydrogen (secondary N) is 2. The Morgan fingerprint density at radius 1 is 1.00 bits per heavy atom. The van der Waals surface area contributed by atoms with Crippen LogP contribution in [0.2, 0.25) is 0 Å². The zero-order chi connectivity index (χ0) is 32.4. The van der Waals surface area contributed by atoms with E-state index < -0.39 is 7.14 Å². The fourth-order valence-corrected chi connectivity index (χ4v) is 8.00. The Morgan fingerprint density at radius 3 is 2.43 bits per heavy atom. The molecule has 5 heterocycles. The number of aryl methyl sites for hydroxylation is 1. The number of hydrogen-bond acceptors (Lipinski definition) is 12. The van der Waals surface area contributed by atoms with E-state index >= 15 is 0 Å². The quantitative estimate of drug-likeness (QED) is 0.240. The monoisotopic (exact) mass is 703 g/mol. The third-order valence-electron chi connectivity index (χ3n) is 8.78. The van der Waals surface area contributed by atoms with Crippen LogP contribution in [0.15, 0.2) is 41.3 Å². The van der Waals surface area contributed by atoms with Crippen LogP contribution in [0.1, 0.15) is 31.0 Å². The van der Waals surface area contributed by atoms with Crippen LogP contribution in [0.3, 0.4) is 0 Å². The summed E-state index contributed by atoms with van der Waals surface area (Å²) >= 11 is 3.55. The summed E-state index contributed by atoms with van der Waals surface area (Å²) < 4.78 is 14.0. The molecular weight excluding hydrogens is 665 g/mol. The Morgan fingerprint density at radius 2 is 1.74 bits per heavy atom. The first-order valence-corrected chi connectivity index (χ1v) is 19.0. The molecule has 14 heteroatoms. The number of pyridine rings is 1. The van der Waals surface area contributed by atoms with Gasteiger partial charge in [-0.2, -0.15) is 10.2 Å². The largest absolute Gasteiger partial charge is 0.356 e. The summed E-state index contributed by atoms with van der Waals surface area (Å²) in [6, 6.07) is 8.56. The van der Waals surface area contributed by atoms with Crippen molar-refractivity contribution in [1.82, 2.24) is 34.7 Å². The SMILES string of the molecule is CCc1cc(Nc2ncc(Br)c(Nc3ccc4nccnc4c3P(C)(C)=O)n2)c(C#N)nc1N1CCC(N2CCN(C)CC2)CC1. The van der Waals surface area contributed by atoms with Gasteiger partial charge in [0.15, 0.2) is 5.69 Å². The second kappa shape index (κ2) is 13.6. The fraction of sp³-hybridized carbons (Fsp3) is 0.438. The van der Waals surface area contributed by atoms with Crippen LogP contribution in [0.25, 0.3) is 11.0 Å². The van der Waals surface area contributed by atoms with Crippen LogP contribution < -0.4 is 20.8 Å². The van der Waals surface area contributed by atoms with E-state index in [1.807, 2.05) is 18.2 Å². The number of benzene rings is 1. The van der Waals surface area contributed by atoms with Crippen molar-refractivity contribution in [2.75, 3.05) is 75.2 Å². The lowest BCUT2D eigenvalue weighted by Crippen LogP contribution is -2.52. The minimum absolute atomic E-state index is 0.294. The smallest absolute Gasteiger partial charge is 0.229 e. The Labute approximate surface area is 278 Å². The molecule has 4 aromatic rings. The zero-order valence-corrected chi connectivity index (χ0v) is 29.1. The standard InChI is InChI=1S/C32H39BrN11OP/c1-5-21-18-26(27(19-34)39-31(21)44-12-8-22(9-13-44)43-16-14-42(2)15-17-43)40-32-37-20-23(33)30(41-32)38-25-7-6-24-28(36-11-10-35-24)29(25)46(3,4)45/h6-7,10-11,18,20,22H,5,8-9,12-17H2,1-4H3,(H2,37,38,40,41). The van der Waals surface area contributed by atoms with Crippen molar-refractivity contribution in [3.8, 4) is 6.07 Å². The van der Waals surface area contributed by atoms with Crippen molar-refractivity contribution in [2.45, 2.75) is 32.2 Å². The number of hydrogen-bond donors (Lipinski definition) is 2. The molecule has 2 N–H and O–H groups in total. The van der Waals surface area contributed by atoms with Gasteiger partial charge < -0.3 is 25.0 Å². The molecule has 2 aliphatic heterocycles. The average molecular weight is 705 g/mol. The highest BCUT2D eigenvalue weighted by Gasteiger charge is 2.29. The van der Waals surface area contributed by atoms with Gasteiger partial charge in [0.05, 0.1) is 26.7 Å². The number of aromatic nitrogens is 5. The molecule has 240 valence electrons. The average Bonchev–Trinajstić information content (AvgIpc) is 3.06. The molecule has 2 fully saturated rings. The summed E-state index contributed by atoms with van der Waals surface area (Å²) in [5, 5.41) is 17.3. The Kier molecular flexibility index (Phi) is 9.52. The van der Waals surface area contributed by atoms with E-state index in [1.54, 1.807) is 31.9 Å². The summed E-state index contributed by atoms with van der Waals surface area (Å²) in [6.45, 7) is 11.9. The summed E-state index contributed by atoms with van der Waals surface area (Å²) in [5.74, 6) is 1.65. The maximum absolute atomic E-state index is 13.4. The molecule has 0 atom stereocenters. The second-order valence-electron chi connectivity index (χ2n) is 12.3. The molecule has 0 radical (unpaired) electrons. The molecule has 2 aliphatic rings. The maximum atomic E-state index is 13.4. The van der Waals surface area contributed by atoms with E-state index in [1.165, 1.54) is 0 Å². The van der Waals surface area contributed by atoms with Gasteiger partial charge in [0.1, 0.15) is 30.4 Å². The summed E-state index contributed by atoms with van der Waals surface area (Å²) in [6.07, 6.45) is 7.81. The van der Waals surface area contributed by atoms with Crippen molar-refractivity contribution in [1.29, 1.82) is 5.26 Å². The third kappa shape index (κ3) is 6.86. The maximum Gasteiger partial charge on any atom is 0.229 e. The van der Waals surface area contributed by atoms with Crippen molar-refractivity contribution >= 4 is 68.4 Å². The van der Waals surface area contributed by atoms with E-state index in [2.05, 4.69) is 76.3 Å². The summed E-state index contributed by atoms with van der Waals surface area (Å²) in [7, 11) is -0.570. The van der Waals surface area contributed by atoms with Crippen molar-refractivity contribution in [2.24, 2.45) is 0 Å². The molecule has 0 saturated carbocycles. The number of anilines is 5. The number of likely N-dealkylation sites (N-methyl/N-ethyl adjacent to an activating group) is 1. The number of halogens is 1. The van der Waals surface area contributed by atoms with E-state index in [0.717, 1.165) is 69.9 Å². The number of nitrogens with zero attached hydrogens (tertiary/aromatic N) is 9. The van der Waals surface area contributed by atoms with Gasteiger partial charge in [0, 0.05) is 63.9 Å². The lowest BCUT2D eigenvalue weighted by Gasteiger charge is -2.42. The van der Waals surface area contributed by atoms with Crippen LogP contribution in [0.4, 0.5) is 29.0 Å². The predicted octanol–water partition coefficient (Wildman–Crippen LogP) is 4.96. The molecule has 46 heavy (non-hydrogen) atoms. The highest BCUT2D eigenvalue weighted by Crippen LogP contribution is 2.41. The Balaban J connectivity index is 1.23. The minimum Gasteiger partial charge on any atom is -0.356 e. The van der Waals surface area contributed by atoms with Gasteiger partial charge in [0.2, 0.25) is 5.95 Å². The highest BCUT2D eigenvalue weighted by molar-refractivity contribution is 9.10. The van der Waals surface area contributed by atoms with E-state index in [9.17, 15) is 9.83 Å². The van der Waals surface area contributed by atoms with Crippen LogP contribution >= 0.6 is 23.1 Å². The van der Waals surface area contributed by atoms with Crippen LogP contribution in [0, 0.1) is 11.3 Å². The van der Waals surface area contributed by atoms with E-state index in [-0.39, 0.29) is 0 Å².